The van der Waals surface area contributed by atoms with Crippen LogP contribution < -0.4 is 10.0 Å². The van der Waals surface area contributed by atoms with Crippen LogP contribution in [0.3, 0.4) is 0 Å². The van der Waals surface area contributed by atoms with Crippen LogP contribution in [0.2, 0.25) is 0 Å². The van der Waals surface area contributed by atoms with Gasteiger partial charge in [0.25, 0.3) is 0 Å². The summed E-state index contributed by atoms with van der Waals surface area (Å²) in [7, 11) is -3.10. The topological polar surface area (TPSA) is 58.2 Å². The van der Waals surface area contributed by atoms with E-state index in [-0.39, 0.29) is 12.0 Å². The molecule has 0 spiro atoms. The highest BCUT2D eigenvalue weighted by Crippen LogP contribution is 2.34. The highest BCUT2D eigenvalue weighted by atomic mass is 32.2. The molecule has 2 rings (SSSR count). The second-order valence-corrected chi connectivity index (χ2v) is 7.69. The molecule has 0 aromatic rings. The molecule has 18 heavy (non-hydrogen) atoms. The molecule has 2 N–H and O–H groups in total. The third-order valence-electron chi connectivity index (χ3n) is 4.01. The van der Waals surface area contributed by atoms with E-state index in [0.717, 1.165) is 44.7 Å². The van der Waals surface area contributed by atoms with Crippen molar-refractivity contribution in [3.8, 4) is 0 Å². The van der Waals surface area contributed by atoms with Gasteiger partial charge < -0.3 is 5.32 Å². The van der Waals surface area contributed by atoms with Crippen molar-refractivity contribution in [3.05, 3.63) is 0 Å². The van der Waals surface area contributed by atoms with Gasteiger partial charge in [0.2, 0.25) is 10.0 Å². The Labute approximate surface area is 111 Å². The molecule has 0 radical (unpaired) electrons. The van der Waals surface area contributed by atoms with Crippen LogP contribution in [0.4, 0.5) is 0 Å². The minimum atomic E-state index is -3.10. The van der Waals surface area contributed by atoms with Crippen molar-refractivity contribution in [3.63, 3.8) is 0 Å². The van der Waals surface area contributed by atoms with Crippen molar-refractivity contribution in [1.29, 1.82) is 0 Å². The summed E-state index contributed by atoms with van der Waals surface area (Å²) in [5, 5.41) is 3.27. The summed E-state index contributed by atoms with van der Waals surface area (Å²) >= 11 is 0. The number of hydrogen-bond acceptors (Lipinski definition) is 3. The summed E-state index contributed by atoms with van der Waals surface area (Å²) in [6, 6.07) is 0.152. The number of nitrogens with one attached hydrogen (secondary N) is 2. The maximum absolute atomic E-state index is 12.1. The molecule has 2 fully saturated rings. The summed E-state index contributed by atoms with van der Waals surface area (Å²) in [6.45, 7) is 3.95. The molecule has 0 bridgehead atoms. The Hall–Kier alpha value is -0.130. The monoisotopic (exact) mass is 274 g/mol. The molecule has 0 aromatic carbocycles. The number of rotatable bonds is 7. The first kappa shape index (κ1) is 14.3. The Balaban J connectivity index is 1.80. The summed E-state index contributed by atoms with van der Waals surface area (Å²) in [4.78, 5) is 0. The Kier molecular flexibility index (Phi) is 5.04. The minimum absolute atomic E-state index is 0.152. The molecule has 2 atom stereocenters. The number of sulfonamides is 1. The van der Waals surface area contributed by atoms with E-state index in [2.05, 4.69) is 17.0 Å². The molecule has 5 heteroatoms. The Morgan fingerprint density at radius 2 is 2.06 bits per heavy atom. The van der Waals surface area contributed by atoms with Crippen LogP contribution in [-0.2, 0) is 10.0 Å². The van der Waals surface area contributed by atoms with E-state index >= 15 is 0 Å². The molecule has 0 amide bonds. The molecule has 1 heterocycles. The Morgan fingerprint density at radius 3 is 2.61 bits per heavy atom. The largest absolute Gasteiger partial charge is 0.316 e. The first-order valence-electron chi connectivity index (χ1n) is 7.30. The maximum atomic E-state index is 12.1. The molecule has 106 valence electrons. The fourth-order valence-electron chi connectivity index (χ4n) is 2.73. The molecule has 1 aliphatic heterocycles. The number of piperidine rings is 1. The van der Waals surface area contributed by atoms with Crippen LogP contribution in [0.5, 0.6) is 0 Å². The Bertz CT molecular complexity index is 346. The summed E-state index contributed by atoms with van der Waals surface area (Å²) in [5.41, 5.74) is 0. The van der Waals surface area contributed by atoms with E-state index in [9.17, 15) is 8.42 Å². The fraction of sp³-hybridized carbons (Fsp3) is 1.00. The normalized spacial score (nSPS) is 27.1. The predicted octanol–water partition coefficient (Wildman–Crippen LogP) is 1.48. The van der Waals surface area contributed by atoms with Crippen LogP contribution in [0.15, 0.2) is 0 Å². The lowest BCUT2D eigenvalue weighted by atomic mass is 10.0. The quantitative estimate of drug-likeness (QED) is 0.739. The molecule has 1 saturated carbocycles. The third-order valence-corrected chi connectivity index (χ3v) is 5.61. The zero-order chi connectivity index (χ0) is 13.0. The van der Waals surface area contributed by atoms with Gasteiger partial charge in [-0.1, -0.05) is 19.8 Å². The SMILES string of the molecule is CCC(CC1CC1)NS(=O)(=O)CC1CCCNC1. The van der Waals surface area contributed by atoms with Crippen LogP contribution in [-0.4, -0.2) is 33.3 Å². The highest BCUT2D eigenvalue weighted by Gasteiger charge is 2.28. The van der Waals surface area contributed by atoms with Crippen molar-refractivity contribution in [2.75, 3.05) is 18.8 Å². The molecule has 2 unspecified atom stereocenters. The highest BCUT2D eigenvalue weighted by molar-refractivity contribution is 7.89. The molecule has 1 saturated heterocycles. The van der Waals surface area contributed by atoms with Crippen LogP contribution in [0, 0.1) is 11.8 Å². The van der Waals surface area contributed by atoms with E-state index in [0.29, 0.717) is 5.75 Å². The average Bonchev–Trinajstić information content (AvgIpc) is 3.12. The second kappa shape index (κ2) is 6.35. The van der Waals surface area contributed by atoms with Gasteiger partial charge in [0.05, 0.1) is 5.75 Å². The zero-order valence-corrected chi connectivity index (χ0v) is 12.1. The van der Waals surface area contributed by atoms with Gasteiger partial charge in [-0.15, -0.1) is 0 Å². The number of hydrogen-bond donors (Lipinski definition) is 2. The van der Waals surface area contributed by atoms with Crippen molar-refractivity contribution in [2.24, 2.45) is 11.8 Å². The van der Waals surface area contributed by atoms with E-state index in [1.807, 2.05) is 0 Å². The molecular formula is C13H26N2O2S. The zero-order valence-electron chi connectivity index (χ0n) is 11.3. The van der Waals surface area contributed by atoms with Gasteiger partial charge in [0, 0.05) is 6.04 Å². The summed E-state index contributed by atoms with van der Waals surface area (Å²) < 4.78 is 27.2. The lowest BCUT2D eigenvalue weighted by molar-refractivity contribution is 0.400. The third kappa shape index (κ3) is 4.86. The lowest BCUT2D eigenvalue weighted by Gasteiger charge is -2.24. The van der Waals surface area contributed by atoms with Crippen molar-refractivity contribution in [2.45, 2.75) is 51.5 Å². The smallest absolute Gasteiger partial charge is 0.212 e. The van der Waals surface area contributed by atoms with E-state index in [1.54, 1.807) is 0 Å². The molecule has 1 aliphatic carbocycles. The van der Waals surface area contributed by atoms with E-state index < -0.39 is 10.0 Å². The summed E-state index contributed by atoms with van der Waals surface area (Å²) in [6.07, 6.45) is 6.62. The predicted molar refractivity (Wildman–Crippen MR) is 73.9 cm³/mol. The molecule has 0 aromatic heterocycles. The van der Waals surface area contributed by atoms with Crippen LogP contribution in [0.25, 0.3) is 0 Å². The van der Waals surface area contributed by atoms with Gasteiger partial charge in [-0.25, -0.2) is 13.1 Å². The first-order chi connectivity index (χ1) is 8.59. The maximum Gasteiger partial charge on any atom is 0.212 e. The average molecular weight is 274 g/mol. The van der Waals surface area contributed by atoms with E-state index in [4.69, 9.17) is 0 Å². The van der Waals surface area contributed by atoms with Crippen molar-refractivity contribution >= 4 is 10.0 Å². The fourth-order valence-corrected chi connectivity index (χ4v) is 4.50. The second-order valence-electron chi connectivity index (χ2n) is 5.90. The first-order valence-corrected chi connectivity index (χ1v) is 8.95. The van der Waals surface area contributed by atoms with Crippen LogP contribution in [0.1, 0.15) is 45.4 Å². The van der Waals surface area contributed by atoms with Gasteiger partial charge in [-0.05, 0) is 50.6 Å². The van der Waals surface area contributed by atoms with Crippen molar-refractivity contribution < 1.29 is 8.42 Å². The van der Waals surface area contributed by atoms with Gasteiger partial charge in [0.15, 0.2) is 0 Å². The molecule has 4 nitrogen and oxygen atoms in total. The Morgan fingerprint density at radius 1 is 1.28 bits per heavy atom. The van der Waals surface area contributed by atoms with Gasteiger partial charge in [-0.2, -0.15) is 0 Å². The van der Waals surface area contributed by atoms with Gasteiger partial charge in [-0.3, -0.25) is 0 Å². The van der Waals surface area contributed by atoms with Crippen molar-refractivity contribution in [1.82, 2.24) is 10.0 Å². The summed E-state index contributed by atoms with van der Waals surface area (Å²) in [5.74, 6) is 1.35. The molecular weight excluding hydrogens is 248 g/mol. The minimum Gasteiger partial charge on any atom is -0.316 e. The van der Waals surface area contributed by atoms with E-state index in [1.165, 1.54) is 12.8 Å². The molecule has 2 aliphatic rings. The lowest BCUT2D eigenvalue weighted by Crippen LogP contribution is -2.41. The van der Waals surface area contributed by atoms with Gasteiger partial charge in [0.1, 0.15) is 0 Å². The van der Waals surface area contributed by atoms with Gasteiger partial charge >= 0.3 is 0 Å². The standard InChI is InChI=1S/C13H26N2O2S/c1-2-13(8-11-5-6-11)15-18(16,17)10-12-4-3-7-14-9-12/h11-15H,2-10H2,1H3. The van der Waals surface area contributed by atoms with Crippen LogP contribution >= 0.6 is 0 Å².